The molecule has 22 heavy (non-hydrogen) atoms. The third-order valence-electron chi connectivity index (χ3n) is 4.55. The minimum Gasteiger partial charge on any atom is -0.381 e. The van der Waals surface area contributed by atoms with Crippen molar-refractivity contribution in [3.05, 3.63) is 18.1 Å². The fourth-order valence-electron chi connectivity index (χ4n) is 3.25. The van der Waals surface area contributed by atoms with Crippen molar-refractivity contribution in [3.8, 4) is 0 Å². The first-order valence-electron chi connectivity index (χ1n) is 8.39. The molecule has 0 amide bonds. The number of anilines is 1. The van der Waals surface area contributed by atoms with Crippen LogP contribution in [-0.2, 0) is 11.2 Å². The second kappa shape index (κ2) is 5.83. The van der Waals surface area contributed by atoms with Crippen molar-refractivity contribution < 1.29 is 4.74 Å². The minimum atomic E-state index is 0.627. The van der Waals surface area contributed by atoms with Crippen molar-refractivity contribution in [2.24, 2.45) is 5.92 Å². The van der Waals surface area contributed by atoms with E-state index in [1.807, 2.05) is 4.52 Å². The second-order valence-electron chi connectivity index (χ2n) is 6.44. The molecule has 4 rings (SSSR count). The zero-order valence-corrected chi connectivity index (χ0v) is 13.1. The van der Waals surface area contributed by atoms with E-state index in [1.165, 1.54) is 12.8 Å². The highest BCUT2D eigenvalue weighted by molar-refractivity contribution is 5.49. The third kappa shape index (κ3) is 2.67. The maximum Gasteiger partial charge on any atom is 0.254 e. The summed E-state index contributed by atoms with van der Waals surface area (Å²) in [6, 6.07) is 2.85. The first-order chi connectivity index (χ1) is 10.8. The second-order valence-corrected chi connectivity index (χ2v) is 6.44. The number of hydrogen-bond donors (Lipinski definition) is 0. The van der Waals surface area contributed by atoms with Crippen LogP contribution in [0.4, 0.5) is 5.82 Å². The Morgan fingerprint density at radius 2 is 2.27 bits per heavy atom. The molecule has 1 saturated heterocycles. The van der Waals surface area contributed by atoms with Gasteiger partial charge < -0.3 is 9.64 Å². The number of ether oxygens (including phenoxy) is 1. The summed E-state index contributed by atoms with van der Waals surface area (Å²) in [6.45, 7) is 5.02. The molecule has 6 heteroatoms. The summed E-state index contributed by atoms with van der Waals surface area (Å²) in [5, 5.41) is 4.40. The molecule has 0 radical (unpaired) electrons. The van der Waals surface area contributed by atoms with Crippen LogP contribution in [0.25, 0.3) is 5.78 Å². The van der Waals surface area contributed by atoms with Gasteiger partial charge in [-0.1, -0.05) is 13.3 Å². The number of fused-ring (bicyclic) bond motifs is 1. The van der Waals surface area contributed by atoms with Crippen molar-refractivity contribution in [3.63, 3.8) is 0 Å². The van der Waals surface area contributed by atoms with Crippen molar-refractivity contribution in [2.75, 3.05) is 24.7 Å². The van der Waals surface area contributed by atoms with Gasteiger partial charge in [0.25, 0.3) is 5.78 Å². The van der Waals surface area contributed by atoms with Gasteiger partial charge in [-0.25, -0.2) is 4.98 Å². The number of rotatable bonds is 6. The largest absolute Gasteiger partial charge is 0.381 e. The molecule has 2 aliphatic rings. The predicted octanol–water partition coefficient (Wildman–Crippen LogP) is 2.08. The summed E-state index contributed by atoms with van der Waals surface area (Å²) in [6.07, 6.45) is 7.39. The van der Waals surface area contributed by atoms with Crippen LogP contribution in [0.3, 0.4) is 0 Å². The molecule has 0 aromatic carbocycles. The van der Waals surface area contributed by atoms with Crippen molar-refractivity contribution in [2.45, 2.75) is 45.1 Å². The van der Waals surface area contributed by atoms with E-state index in [2.05, 4.69) is 33.0 Å². The third-order valence-corrected chi connectivity index (χ3v) is 4.55. The number of hydrogen-bond acceptors (Lipinski definition) is 5. The van der Waals surface area contributed by atoms with Gasteiger partial charge in [-0.15, -0.1) is 0 Å². The molecular weight excluding hydrogens is 278 g/mol. The average Bonchev–Trinajstić information content (AvgIpc) is 3.03. The molecule has 0 N–H and O–H groups in total. The lowest BCUT2D eigenvalue weighted by Gasteiger charge is -2.27. The molecule has 6 nitrogen and oxygen atoms in total. The fraction of sp³-hybridized carbons (Fsp3) is 0.688. The van der Waals surface area contributed by atoms with E-state index in [4.69, 9.17) is 4.74 Å². The Kier molecular flexibility index (Phi) is 3.70. The van der Waals surface area contributed by atoms with Crippen LogP contribution in [0.1, 0.15) is 38.3 Å². The Hall–Kier alpha value is -1.69. The normalized spacial score (nSPS) is 21.6. The number of aryl methyl sites for hydroxylation is 1. The molecule has 2 aromatic rings. The highest BCUT2D eigenvalue weighted by Gasteiger charge is 2.33. The molecule has 1 unspecified atom stereocenters. The summed E-state index contributed by atoms with van der Waals surface area (Å²) < 4.78 is 7.45. The van der Waals surface area contributed by atoms with E-state index in [1.54, 1.807) is 6.33 Å². The lowest BCUT2D eigenvalue weighted by Crippen LogP contribution is -2.33. The summed E-state index contributed by atoms with van der Waals surface area (Å²) in [7, 11) is 0. The maximum atomic E-state index is 5.55. The summed E-state index contributed by atoms with van der Waals surface area (Å²) >= 11 is 0. The van der Waals surface area contributed by atoms with Gasteiger partial charge in [-0.2, -0.15) is 14.6 Å². The molecule has 2 aromatic heterocycles. The zero-order valence-electron chi connectivity index (χ0n) is 13.1. The Bertz CT molecular complexity index is 645. The van der Waals surface area contributed by atoms with Gasteiger partial charge in [0.2, 0.25) is 0 Å². The first kappa shape index (κ1) is 13.9. The lowest BCUT2D eigenvalue weighted by atomic mass is 10.1. The van der Waals surface area contributed by atoms with E-state index in [-0.39, 0.29) is 0 Å². The fourth-order valence-corrected chi connectivity index (χ4v) is 3.25. The summed E-state index contributed by atoms with van der Waals surface area (Å²) in [5.41, 5.74) is 1.12. The Labute approximate surface area is 130 Å². The van der Waals surface area contributed by atoms with Crippen LogP contribution in [-0.4, -0.2) is 45.4 Å². The minimum absolute atomic E-state index is 0.627. The van der Waals surface area contributed by atoms with Crippen LogP contribution in [0, 0.1) is 5.92 Å². The average molecular weight is 301 g/mol. The quantitative estimate of drug-likeness (QED) is 0.817. The van der Waals surface area contributed by atoms with Crippen LogP contribution >= 0.6 is 0 Å². The molecule has 1 saturated carbocycles. The van der Waals surface area contributed by atoms with E-state index in [0.29, 0.717) is 17.7 Å². The molecule has 118 valence electrons. The SMILES string of the molecule is CCCc1cc(N(CC2CCOC2)C2CC2)n2ncnc2n1. The monoisotopic (exact) mass is 301 g/mol. The van der Waals surface area contributed by atoms with Crippen LogP contribution in [0.15, 0.2) is 12.4 Å². The van der Waals surface area contributed by atoms with Crippen molar-refractivity contribution >= 4 is 11.6 Å². The number of nitrogens with zero attached hydrogens (tertiary/aromatic N) is 5. The highest BCUT2D eigenvalue weighted by Crippen LogP contribution is 2.33. The van der Waals surface area contributed by atoms with Gasteiger partial charge in [-0.3, -0.25) is 0 Å². The van der Waals surface area contributed by atoms with E-state index < -0.39 is 0 Å². The van der Waals surface area contributed by atoms with Crippen molar-refractivity contribution in [1.29, 1.82) is 0 Å². The Balaban J connectivity index is 1.70. The molecule has 1 aliphatic carbocycles. The van der Waals surface area contributed by atoms with E-state index in [9.17, 15) is 0 Å². The van der Waals surface area contributed by atoms with Gasteiger partial charge in [0.15, 0.2) is 0 Å². The van der Waals surface area contributed by atoms with Crippen LogP contribution < -0.4 is 4.90 Å². The highest BCUT2D eigenvalue weighted by atomic mass is 16.5. The van der Waals surface area contributed by atoms with Crippen LogP contribution in [0.2, 0.25) is 0 Å². The van der Waals surface area contributed by atoms with E-state index in [0.717, 1.165) is 50.5 Å². The lowest BCUT2D eigenvalue weighted by molar-refractivity contribution is 0.186. The van der Waals surface area contributed by atoms with Crippen molar-refractivity contribution in [1.82, 2.24) is 19.6 Å². The standard InChI is InChI=1S/C16H23N5O/c1-2-3-13-8-15(21-16(19-13)17-11-18-21)20(14-4-5-14)9-12-6-7-22-10-12/h8,11-12,14H,2-7,9-10H2,1H3. The molecule has 1 atom stereocenters. The molecule has 1 aliphatic heterocycles. The smallest absolute Gasteiger partial charge is 0.254 e. The molecule has 0 bridgehead atoms. The van der Waals surface area contributed by atoms with Crippen LogP contribution in [0.5, 0.6) is 0 Å². The van der Waals surface area contributed by atoms with Gasteiger partial charge in [0, 0.05) is 36.9 Å². The Morgan fingerprint density at radius 3 is 3.00 bits per heavy atom. The molecular formula is C16H23N5O. The summed E-state index contributed by atoms with van der Waals surface area (Å²) in [4.78, 5) is 11.4. The van der Waals surface area contributed by atoms with Gasteiger partial charge >= 0.3 is 0 Å². The van der Waals surface area contributed by atoms with E-state index >= 15 is 0 Å². The molecule has 0 spiro atoms. The van der Waals surface area contributed by atoms with Gasteiger partial charge in [0.05, 0.1) is 6.61 Å². The zero-order chi connectivity index (χ0) is 14.9. The predicted molar refractivity (Wildman–Crippen MR) is 84.1 cm³/mol. The van der Waals surface area contributed by atoms with Gasteiger partial charge in [-0.05, 0) is 25.7 Å². The maximum absolute atomic E-state index is 5.55. The number of aromatic nitrogens is 4. The Morgan fingerprint density at radius 1 is 1.36 bits per heavy atom. The molecule has 3 heterocycles. The topological polar surface area (TPSA) is 55.6 Å². The van der Waals surface area contributed by atoms with Gasteiger partial charge in [0.1, 0.15) is 12.1 Å². The summed E-state index contributed by atoms with van der Waals surface area (Å²) in [5.74, 6) is 2.50. The first-order valence-corrected chi connectivity index (χ1v) is 8.39. The molecule has 2 fully saturated rings.